The maximum absolute atomic E-state index is 10.1. The van der Waals surface area contributed by atoms with Gasteiger partial charge in [-0.25, -0.2) is 0 Å². The number of aliphatic hydroxyl groups is 1. The zero-order valence-corrected chi connectivity index (χ0v) is 7.88. The molecule has 0 spiro atoms. The standard InChI is InChI=1S/C4H9NO2.CH3O3P/c1-2-4(7)5-3-6;1-4-5(2)3/h6H,2-3H2,1H3,(H,5,7);1H3/p+1. The fourth-order valence-corrected chi connectivity index (χ4v) is 0.213. The summed E-state index contributed by atoms with van der Waals surface area (Å²) < 4.78 is 13.1. The fourth-order valence-electron chi connectivity index (χ4n) is 0.213. The lowest BCUT2D eigenvalue weighted by Gasteiger charge is -1.93. The van der Waals surface area contributed by atoms with E-state index in [4.69, 9.17) is 10.00 Å². The van der Waals surface area contributed by atoms with Crippen molar-refractivity contribution in [1.82, 2.24) is 5.32 Å². The van der Waals surface area contributed by atoms with Gasteiger partial charge >= 0.3 is 8.25 Å². The summed E-state index contributed by atoms with van der Waals surface area (Å²) in [4.78, 5) is 17.8. The van der Waals surface area contributed by atoms with Gasteiger partial charge in [0.1, 0.15) is 6.73 Å². The van der Waals surface area contributed by atoms with E-state index in [0.29, 0.717) is 6.42 Å². The Morgan fingerprint density at radius 1 is 1.67 bits per heavy atom. The van der Waals surface area contributed by atoms with Gasteiger partial charge in [-0.2, -0.15) is 0 Å². The average Bonchev–Trinajstić information content (AvgIpc) is 2.06. The van der Waals surface area contributed by atoms with Crippen LogP contribution in [0.2, 0.25) is 0 Å². The van der Waals surface area contributed by atoms with Crippen LogP contribution in [-0.2, 0) is 13.9 Å². The van der Waals surface area contributed by atoms with E-state index in [2.05, 4.69) is 9.84 Å². The van der Waals surface area contributed by atoms with E-state index >= 15 is 0 Å². The first-order valence-electron chi connectivity index (χ1n) is 3.16. The largest absolute Gasteiger partial charge is 0.694 e. The number of nitrogens with one attached hydrogen (secondary N) is 1. The van der Waals surface area contributed by atoms with E-state index in [1.807, 2.05) is 0 Å². The molecule has 0 heterocycles. The molecular formula is C5H13NO5P+. The average molecular weight is 198 g/mol. The molecule has 0 aromatic heterocycles. The van der Waals surface area contributed by atoms with Crippen molar-refractivity contribution in [3.05, 3.63) is 0 Å². The highest BCUT2D eigenvalue weighted by atomic mass is 31.1. The predicted octanol–water partition coefficient (Wildman–Crippen LogP) is -0.255. The second kappa shape index (κ2) is 10.4. The van der Waals surface area contributed by atoms with Crippen LogP contribution in [0.4, 0.5) is 0 Å². The van der Waals surface area contributed by atoms with Gasteiger partial charge in [-0.1, -0.05) is 6.92 Å². The number of carbonyl (C=O) groups is 1. The molecule has 72 valence electrons. The maximum Gasteiger partial charge on any atom is 0.694 e. The highest BCUT2D eigenvalue weighted by Gasteiger charge is 2.02. The molecule has 0 rings (SSSR count). The quantitative estimate of drug-likeness (QED) is 0.429. The summed E-state index contributed by atoms with van der Waals surface area (Å²) in [6.07, 6.45) is 0.431. The molecule has 7 heteroatoms. The first kappa shape index (κ1) is 14.0. The van der Waals surface area contributed by atoms with E-state index < -0.39 is 8.25 Å². The molecule has 1 unspecified atom stereocenters. The Hall–Kier alpha value is -0.550. The van der Waals surface area contributed by atoms with Crippen LogP contribution in [0.3, 0.4) is 0 Å². The molecule has 1 amide bonds. The topological polar surface area (TPSA) is 95.9 Å². The lowest BCUT2D eigenvalue weighted by atomic mass is 10.5. The minimum Gasteiger partial charge on any atom is -0.377 e. The van der Waals surface area contributed by atoms with Crippen LogP contribution in [0.5, 0.6) is 0 Å². The van der Waals surface area contributed by atoms with Crippen molar-refractivity contribution in [2.45, 2.75) is 13.3 Å². The molecule has 0 saturated heterocycles. The van der Waals surface area contributed by atoms with Crippen molar-refractivity contribution in [3.63, 3.8) is 0 Å². The van der Waals surface area contributed by atoms with Gasteiger partial charge in [-0.3, -0.25) is 4.79 Å². The fraction of sp³-hybridized carbons (Fsp3) is 0.800. The first-order chi connectivity index (χ1) is 5.58. The zero-order valence-electron chi connectivity index (χ0n) is 6.98. The zero-order chi connectivity index (χ0) is 9.98. The molecule has 0 aromatic carbocycles. The lowest BCUT2D eigenvalue weighted by molar-refractivity contribution is -0.121. The van der Waals surface area contributed by atoms with Gasteiger partial charge in [0.15, 0.2) is 0 Å². The summed E-state index contributed by atoms with van der Waals surface area (Å²) in [7, 11) is -1.18. The summed E-state index contributed by atoms with van der Waals surface area (Å²) in [5.41, 5.74) is 0. The minimum absolute atomic E-state index is 0.123. The first-order valence-corrected chi connectivity index (χ1v) is 4.29. The van der Waals surface area contributed by atoms with Crippen molar-refractivity contribution in [2.24, 2.45) is 0 Å². The normalized spacial score (nSPS) is 9.50. The van der Waals surface area contributed by atoms with Crippen LogP contribution in [0.15, 0.2) is 0 Å². The van der Waals surface area contributed by atoms with Crippen LogP contribution in [0.25, 0.3) is 0 Å². The molecule has 1 atom stereocenters. The Kier molecular flexibility index (Phi) is 12.2. The Bertz CT molecular complexity index is 140. The van der Waals surface area contributed by atoms with E-state index in [-0.39, 0.29) is 12.6 Å². The van der Waals surface area contributed by atoms with Crippen LogP contribution in [0, 0.1) is 0 Å². The molecule has 0 saturated carbocycles. The highest BCUT2D eigenvalue weighted by Crippen LogP contribution is 2.09. The van der Waals surface area contributed by atoms with Gasteiger partial charge in [0.25, 0.3) is 0 Å². The van der Waals surface area contributed by atoms with E-state index in [9.17, 15) is 9.36 Å². The highest BCUT2D eigenvalue weighted by molar-refractivity contribution is 7.32. The molecule has 0 aromatic rings. The smallest absolute Gasteiger partial charge is 0.377 e. The molecule has 3 N–H and O–H groups in total. The van der Waals surface area contributed by atoms with Crippen molar-refractivity contribution < 1.29 is 23.9 Å². The second-order valence-corrected chi connectivity index (χ2v) is 2.37. The molecule has 0 radical (unpaired) electrons. The predicted molar refractivity (Wildman–Crippen MR) is 42.4 cm³/mol. The molecule has 0 bridgehead atoms. The van der Waals surface area contributed by atoms with Gasteiger partial charge in [0.05, 0.1) is 7.11 Å². The van der Waals surface area contributed by atoms with Crippen molar-refractivity contribution in [1.29, 1.82) is 0 Å². The number of hydrogen-bond donors (Lipinski definition) is 3. The summed E-state index contributed by atoms with van der Waals surface area (Å²) in [6.45, 7) is 1.47. The molecule has 12 heavy (non-hydrogen) atoms. The third kappa shape index (κ3) is 16.2. The third-order valence-corrected chi connectivity index (χ3v) is 1.07. The van der Waals surface area contributed by atoms with E-state index in [1.54, 1.807) is 6.92 Å². The lowest BCUT2D eigenvalue weighted by Crippen LogP contribution is -2.22. The Balaban J connectivity index is 0. The summed E-state index contributed by atoms with van der Waals surface area (Å²) in [6, 6.07) is 0. The number of aliphatic hydroxyl groups excluding tert-OH is 1. The SMILES string of the molecule is CCC(=O)NCO.CO[P+](=O)O. The van der Waals surface area contributed by atoms with Gasteiger partial charge in [0, 0.05) is 11.0 Å². The monoisotopic (exact) mass is 198 g/mol. The van der Waals surface area contributed by atoms with Crippen LogP contribution in [0.1, 0.15) is 13.3 Å². The third-order valence-electron chi connectivity index (χ3n) is 0.754. The van der Waals surface area contributed by atoms with Crippen molar-refractivity contribution >= 4 is 14.2 Å². The van der Waals surface area contributed by atoms with Gasteiger partial charge in [0.2, 0.25) is 5.91 Å². The number of hydrogen-bond acceptors (Lipinski definition) is 4. The summed E-state index contributed by atoms with van der Waals surface area (Å²) in [5.74, 6) is -0.123. The molecular weight excluding hydrogens is 185 g/mol. The molecule has 0 aliphatic heterocycles. The van der Waals surface area contributed by atoms with E-state index in [0.717, 1.165) is 0 Å². The molecule has 6 nitrogen and oxygen atoms in total. The van der Waals surface area contributed by atoms with Crippen LogP contribution >= 0.6 is 8.25 Å². The van der Waals surface area contributed by atoms with Gasteiger partial charge in [-0.15, -0.1) is 9.42 Å². The number of amides is 1. The maximum atomic E-state index is 10.1. The Morgan fingerprint density at radius 3 is 2.17 bits per heavy atom. The van der Waals surface area contributed by atoms with Gasteiger partial charge in [-0.05, 0) is 0 Å². The number of rotatable bonds is 3. The minimum atomic E-state index is -2.35. The van der Waals surface area contributed by atoms with Gasteiger partial charge < -0.3 is 10.4 Å². The molecule has 0 aliphatic carbocycles. The van der Waals surface area contributed by atoms with Crippen molar-refractivity contribution in [2.75, 3.05) is 13.8 Å². The molecule has 0 aliphatic rings. The Morgan fingerprint density at radius 2 is 2.08 bits per heavy atom. The number of carbonyl (C=O) groups excluding carboxylic acids is 1. The van der Waals surface area contributed by atoms with E-state index in [1.165, 1.54) is 7.11 Å². The van der Waals surface area contributed by atoms with Crippen LogP contribution in [-0.4, -0.2) is 29.7 Å². The van der Waals surface area contributed by atoms with Crippen LogP contribution < -0.4 is 5.32 Å². The second-order valence-electron chi connectivity index (χ2n) is 1.53. The Labute approximate surface area is 71.5 Å². The summed E-state index contributed by atoms with van der Waals surface area (Å²) in [5, 5.41) is 10.2. The van der Waals surface area contributed by atoms with Crippen molar-refractivity contribution in [3.8, 4) is 0 Å². The molecule has 0 fully saturated rings. The summed E-state index contributed by atoms with van der Waals surface area (Å²) >= 11 is 0.